The number of carbonyl (C=O) groups excluding carboxylic acids is 2. The Morgan fingerprint density at radius 2 is 2.07 bits per heavy atom. The average Bonchev–Trinajstić information content (AvgIpc) is 3.27. The summed E-state index contributed by atoms with van der Waals surface area (Å²) in [6.07, 6.45) is 0.533. The van der Waals surface area contributed by atoms with Crippen molar-refractivity contribution in [2.75, 3.05) is 0 Å². The Morgan fingerprint density at radius 3 is 2.66 bits per heavy atom. The second-order valence-electron chi connectivity index (χ2n) is 7.35. The van der Waals surface area contributed by atoms with Gasteiger partial charge in [0.05, 0.1) is 6.54 Å². The molecule has 1 N–H and O–H groups in total. The number of carbonyl (C=O) groups is 2. The van der Waals surface area contributed by atoms with Crippen LogP contribution in [0.2, 0.25) is 0 Å². The lowest BCUT2D eigenvalue weighted by atomic mass is 10.1. The maximum absolute atomic E-state index is 12.4. The summed E-state index contributed by atoms with van der Waals surface area (Å²) >= 11 is 1.53. The third-order valence-corrected chi connectivity index (χ3v) is 5.35. The highest BCUT2D eigenvalue weighted by Gasteiger charge is 2.21. The number of esters is 1. The Hall–Kier alpha value is -2.85. The summed E-state index contributed by atoms with van der Waals surface area (Å²) < 4.78 is 7.37. The summed E-state index contributed by atoms with van der Waals surface area (Å²) in [5.41, 5.74) is 2.71. The topological polar surface area (TPSA) is 84.1 Å². The van der Waals surface area contributed by atoms with Crippen molar-refractivity contribution in [1.82, 2.24) is 9.88 Å². The van der Waals surface area contributed by atoms with Crippen molar-refractivity contribution < 1.29 is 14.3 Å². The second kappa shape index (κ2) is 10.1. The molecule has 0 saturated heterocycles. The minimum atomic E-state index is -0.993. The number of hydrogen-bond acceptors (Lipinski definition) is 5. The molecule has 29 heavy (non-hydrogen) atoms. The van der Waals surface area contributed by atoms with E-state index in [9.17, 15) is 14.9 Å². The zero-order valence-corrected chi connectivity index (χ0v) is 18.3. The van der Waals surface area contributed by atoms with E-state index in [1.165, 1.54) is 24.3 Å². The molecule has 1 atom stereocenters. The van der Waals surface area contributed by atoms with Crippen LogP contribution in [0.1, 0.15) is 42.6 Å². The molecule has 7 heteroatoms. The van der Waals surface area contributed by atoms with Crippen LogP contribution < -0.4 is 5.32 Å². The quantitative estimate of drug-likeness (QED) is 0.403. The van der Waals surface area contributed by atoms with Gasteiger partial charge in [0.1, 0.15) is 11.6 Å². The van der Waals surface area contributed by atoms with Gasteiger partial charge in [-0.2, -0.15) is 5.26 Å². The van der Waals surface area contributed by atoms with Crippen LogP contribution in [-0.4, -0.2) is 22.5 Å². The highest BCUT2D eigenvalue weighted by molar-refractivity contribution is 7.09. The van der Waals surface area contributed by atoms with Crippen molar-refractivity contribution in [3.05, 3.63) is 51.0 Å². The van der Waals surface area contributed by atoms with Crippen LogP contribution in [0.3, 0.4) is 0 Å². The second-order valence-corrected chi connectivity index (χ2v) is 8.38. The highest BCUT2D eigenvalue weighted by Crippen LogP contribution is 2.20. The predicted octanol–water partition coefficient (Wildman–Crippen LogP) is 3.98. The molecule has 6 nitrogen and oxygen atoms in total. The van der Waals surface area contributed by atoms with Gasteiger partial charge in [-0.3, -0.25) is 4.79 Å². The summed E-state index contributed by atoms with van der Waals surface area (Å²) in [5.74, 6) is -0.732. The van der Waals surface area contributed by atoms with Gasteiger partial charge in [-0.05, 0) is 55.8 Å². The molecule has 0 saturated carbocycles. The summed E-state index contributed by atoms with van der Waals surface area (Å²) in [4.78, 5) is 25.6. The Kier molecular flexibility index (Phi) is 7.80. The fourth-order valence-corrected chi connectivity index (χ4v) is 3.57. The van der Waals surface area contributed by atoms with Crippen molar-refractivity contribution in [1.29, 1.82) is 5.26 Å². The summed E-state index contributed by atoms with van der Waals surface area (Å²) in [7, 11) is 0. The van der Waals surface area contributed by atoms with Crippen LogP contribution in [0.5, 0.6) is 0 Å². The molecule has 0 radical (unpaired) electrons. The molecule has 0 fully saturated rings. The molecular formula is C22H27N3O3S. The van der Waals surface area contributed by atoms with Gasteiger partial charge in [0, 0.05) is 22.8 Å². The van der Waals surface area contributed by atoms with E-state index in [2.05, 4.69) is 23.7 Å². The van der Waals surface area contributed by atoms with E-state index in [-0.39, 0.29) is 5.57 Å². The van der Waals surface area contributed by atoms with Gasteiger partial charge in [0.15, 0.2) is 6.10 Å². The standard InChI is InChI=1S/C22H27N3O3S/c1-14(2)13-25-15(3)9-18(16(25)4)10-19(11-23)22(27)28-17(5)21(26)24-12-20-7-6-8-29-20/h6-10,14,17H,12-13H2,1-5H3,(H,24,26)/b19-10+/t17-/m1/s1. The van der Waals surface area contributed by atoms with Crippen molar-refractivity contribution in [2.24, 2.45) is 5.92 Å². The lowest BCUT2D eigenvalue weighted by Gasteiger charge is -2.13. The van der Waals surface area contributed by atoms with Crippen LogP contribution in [0.4, 0.5) is 0 Å². The van der Waals surface area contributed by atoms with Crippen LogP contribution in [0.15, 0.2) is 29.2 Å². The van der Waals surface area contributed by atoms with Gasteiger partial charge in [0.2, 0.25) is 0 Å². The first-order valence-corrected chi connectivity index (χ1v) is 10.4. The van der Waals surface area contributed by atoms with E-state index >= 15 is 0 Å². The van der Waals surface area contributed by atoms with Crippen molar-refractivity contribution in [3.63, 3.8) is 0 Å². The molecule has 154 valence electrons. The molecule has 0 aliphatic heterocycles. The molecule has 2 heterocycles. The highest BCUT2D eigenvalue weighted by atomic mass is 32.1. The maximum atomic E-state index is 12.4. The number of nitrogens with zero attached hydrogens (tertiary/aromatic N) is 2. The molecule has 1 amide bonds. The molecule has 0 unspecified atom stereocenters. The van der Waals surface area contributed by atoms with E-state index in [4.69, 9.17) is 4.74 Å². The third kappa shape index (κ3) is 6.06. The normalized spacial score (nSPS) is 12.5. The number of amides is 1. The number of hydrogen-bond donors (Lipinski definition) is 1. The number of nitrogens with one attached hydrogen (secondary N) is 1. The van der Waals surface area contributed by atoms with Gasteiger partial charge < -0.3 is 14.6 Å². The predicted molar refractivity (Wildman–Crippen MR) is 114 cm³/mol. The van der Waals surface area contributed by atoms with E-state index in [1.54, 1.807) is 0 Å². The smallest absolute Gasteiger partial charge is 0.349 e. The van der Waals surface area contributed by atoms with Crippen LogP contribution in [0.25, 0.3) is 6.08 Å². The van der Waals surface area contributed by atoms with E-state index in [0.29, 0.717) is 12.5 Å². The third-order valence-electron chi connectivity index (χ3n) is 4.47. The van der Waals surface area contributed by atoms with Crippen molar-refractivity contribution >= 4 is 29.3 Å². The van der Waals surface area contributed by atoms with Gasteiger partial charge in [-0.15, -0.1) is 11.3 Å². The molecule has 0 aromatic carbocycles. The summed E-state index contributed by atoms with van der Waals surface area (Å²) in [6.45, 7) is 11.0. The van der Waals surface area contributed by atoms with E-state index in [1.807, 2.05) is 43.5 Å². The fourth-order valence-electron chi connectivity index (χ4n) is 2.92. The number of rotatable bonds is 8. The molecule has 2 aromatic heterocycles. The largest absolute Gasteiger partial charge is 0.448 e. The number of aromatic nitrogens is 1. The van der Waals surface area contributed by atoms with Gasteiger partial charge in [0.25, 0.3) is 5.91 Å². The molecule has 0 spiro atoms. The number of nitriles is 1. The average molecular weight is 414 g/mol. The SMILES string of the molecule is Cc1cc(/C=C(\C#N)C(=O)O[C@H](C)C(=O)NCc2cccs2)c(C)n1CC(C)C. The zero-order chi connectivity index (χ0) is 21.6. The molecule has 2 aromatic rings. The molecule has 0 aliphatic rings. The zero-order valence-electron chi connectivity index (χ0n) is 17.5. The lowest BCUT2D eigenvalue weighted by Crippen LogP contribution is -2.35. The number of aryl methyl sites for hydroxylation is 1. The molecular weight excluding hydrogens is 386 g/mol. The van der Waals surface area contributed by atoms with Crippen LogP contribution in [-0.2, 0) is 27.4 Å². The minimum Gasteiger partial charge on any atom is -0.448 e. The summed E-state index contributed by atoms with van der Waals surface area (Å²) in [6, 6.07) is 7.65. The van der Waals surface area contributed by atoms with Crippen LogP contribution in [0, 0.1) is 31.1 Å². The van der Waals surface area contributed by atoms with Gasteiger partial charge in [-0.1, -0.05) is 19.9 Å². The monoisotopic (exact) mass is 413 g/mol. The Bertz CT molecular complexity index is 933. The van der Waals surface area contributed by atoms with Crippen molar-refractivity contribution in [2.45, 2.75) is 53.8 Å². The number of thiophene rings is 1. The Labute approximate surface area is 175 Å². The number of ether oxygens (including phenoxy) is 1. The molecule has 0 aliphatic carbocycles. The lowest BCUT2D eigenvalue weighted by molar-refractivity contribution is -0.150. The minimum absolute atomic E-state index is 0.132. The summed E-state index contributed by atoms with van der Waals surface area (Å²) in [5, 5.41) is 14.1. The first-order chi connectivity index (χ1) is 13.7. The van der Waals surface area contributed by atoms with Gasteiger partial charge >= 0.3 is 5.97 Å². The Balaban J connectivity index is 2.06. The Morgan fingerprint density at radius 1 is 1.34 bits per heavy atom. The van der Waals surface area contributed by atoms with Crippen molar-refractivity contribution in [3.8, 4) is 6.07 Å². The van der Waals surface area contributed by atoms with E-state index < -0.39 is 18.0 Å². The maximum Gasteiger partial charge on any atom is 0.349 e. The molecule has 2 rings (SSSR count). The first-order valence-electron chi connectivity index (χ1n) is 9.52. The van der Waals surface area contributed by atoms with Gasteiger partial charge in [-0.25, -0.2) is 4.79 Å². The first kappa shape index (κ1) is 22.4. The van der Waals surface area contributed by atoms with Crippen LogP contribution >= 0.6 is 11.3 Å². The molecule has 0 bridgehead atoms. The fraction of sp³-hybridized carbons (Fsp3) is 0.409. The van der Waals surface area contributed by atoms with E-state index in [0.717, 1.165) is 28.4 Å².